The van der Waals surface area contributed by atoms with Crippen molar-refractivity contribution in [1.82, 2.24) is 5.32 Å². The van der Waals surface area contributed by atoms with Gasteiger partial charge >= 0.3 is 5.97 Å². The van der Waals surface area contributed by atoms with Gasteiger partial charge in [0.15, 0.2) is 6.61 Å². The molecule has 1 amide bonds. The van der Waals surface area contributed by atoms with Crippen molar-refractivity contribution in [3.63, 3.8) is 0 Å². The van der Waals surface area contributed by atoms with E-state index < -0.39 is 5.97 Å². The maximum absolute atomic E-state index is 11.4. The van der Waals surface area contributed by atoms with Crippen LogP contribution in [0.3, 0.4) is 0 Å². The van der Waals surface area contributed by atoms with Crippen LogP contribution in [0.15, 0.2) is 18.2 Å². The number of benzene rings is 1. The van der Waals surface area contributed by atoms with Gasteiger partial charge in [-0.1, -0.05) is 29.3 Å². The zero-order chi connectivity index (χ0) is 12.8. The Morgan fingerprint density at radius 1 is 1.29 bits per heavy atom. The lowest BCUT2D eigenvalue weighted by molar-refractivity contribution is -0.147. The first-order chi connectivity index (χ1) is 8.04. The van der Waals surface area contributed by atoms with E-state index in [1.807, 2.05) is 0 Å². The molecular formula is C11H11Cl2NO3. The van der Waals surface area contributed by atoms with Crippen molar-refractivity contribution in [2.45, 2.75) is 6.42 Å². The summed E-state index contributed by atoms with van der Waals surface area (Å²) in [5.74, 6) is -0.924. The molecule has 0 aromatic heterocycles. The summed E-state index contributed by atoms with van der Waals surface area (Å²) in [6.07, 6.45) is -0.0600. The van der Waals surface area contributed by atoms with Crippen LogP contribution in [0, 0.1) is 0 Å². The first kappa shape index (κ1) is 13.8. The van der Waals surface area contributed by atoms with Gasteiger partial charge in [-0.05, 0) is 12.1 Å². The Balaban J connectivity index is 2.59. The van der Waals surface area contributed by atoms with E-state index in [0.717, 1.165) is 0 Å². The summed E-state index contributed by atoms with van der Waals surface area (Å²) in [4.78, 5) is 22.3. The van der Waals surface area contributed by atoms with Gasteiger partial charge in [-0.15, -0.1) is 0 Å². The fourth-order valence-electron chi connectivity index (χ4n) is 1.11. The molecule has 0 saturated carbocycles. The molecule has 0 heterocycles. The molecule has 1 N–H and O–H groups in total. The molecule has 0 bridgehead atoms. The van der Waals surface area contributed by atoms with Gasteiger partial charge in [0.1, 0.15) is 0 Å². The van der Waals surface area contributed by atoms with E-state index in [9.17, 15) is 9.59 Å². The quantitative estimate of drug-likeness (QED) is 0.853. The van der Waals surface area contributed by atoms with Crippen LogP contribution >= 0.6 is 23.2 Å². The van der Waals surface area contributed by atoms with Crippen LogP contribution in [-0.2, 0) is 20.7 Å². The van der Waals surface area contributed by atoms with E-state index in [2.05, 4.69) is 5.32 Å². The van der Waals surface area contributed by atoms with Gasteiger partial charge in [0.05, 0.1) is 6.42 Å². The van der Waals surface area contributed by atoms with Crippen LogP contribution in [0.5, 0.6) is 0 Å². The number of carbonyl (C=O) groups excluding carboxylic acids is 2. The van der Waals surface area contributed by atoms with E-state index in [4.69, 9.17) is 27.9 Å². The van der Waals surface area contributed by atoms with Crippen molar-refractivity contribution in [2.75, 3.05) is 13.7 Å². The summed E-state index contributed by atoms with van der Waals surface area (Å²) in [7, 11) is 1.46. The van der Waals surface area contributed by atoms with Gasteiger partial charge in [-0.2, -0.15) is 0 Å². The molecule has 0 fully saturated rings. The summed E-state index contributed by atoms with van der Waals surface area (Å²) in [5, 5.41) is 3.13. The second-order valence-electron chi connectivity index (χ2n) is 3.21. The summed E-state index contributed by atoms with van der Waals surface area (Å²) in [5.41, 5.74) is 0.498. The number of hydrogen-bond acceptors (Lipinski definition) is 3. The number of nitrogens with one attached hydrogen (secondary N) is 1. The van der Waals surface area contributed by atoms with Crippen molar-refractivity contribution < 1.29 is 14.3 Å². The first-order valence-electron chi connectivity index (χ1n) is 4.83. The molecule has 0 atom stereocenters. The second kappa shape index (κ2) is 6.47. The lowest BCUT2D eigenvalue weighted by Crippen LogP contribution is -2.25. The Morgan fingerprint density at radius 2 is 1.88 bits per heavy atom. The molecule has 0 aliphatic heterocycles. The molecule has 0 aliphatic carbocycles. The molecule has 0 unspecified atom stereocenters. The third-order valence-corrected chi connectivity index (χ3v) is 2.73. The number of rotatable bonds is 4. The molecule has 1 aromatic carbocycles. The Hall–Kier alpha value is -1.26. The normalized spacial score (nSPS) is 9.82. The molecule has 6 heteroatoms. The first-order valence-corrected chi connectivity index (χ1v) is 5.59. The van der Waals surface area contributed by atoms with E-state index in [1.165, 1.54) is 7.05 Å². The zero-order valence-electron chi connectivity index (χ0n) is 9.13. The summed E-state index contributed by atoms with van der Waals surface area (Å²) >= 11 is 11.8. The summed E-state index contributed by atoms with van der Waals surface area (Å²) < 4.78 is 4.74. The molecule has 17 heavy (non-hydrogen) atoms. The minimum Gasteiger partial charge on any atom is -0.455 e. The Labute approximate surface area is 109 Å². The standard InChI is InChI=1S/C11H11Cl2NO3/c1-14-10(15)6-17-11(16)5-7-8(12)3-2-4-9(7)13/h2-4H,5-6H2,1H3,(H,14,15). The lowest BCUT2D eigenvalue weighted by Gasteiger charge is -2.07. The average molecular weight is 276 g/mol. The molecule has 92 valence electrons. The third-order valence-electron chi connectivity index (χ3n) is 2.03. The van der Waals surface area contributed by atoms with Gasteiger partial charge < -0.3 is 10.1 Å². The molecular weight excluding hydrogens is 265 g/mol. The zero-order valence-corrected chi connectivity index (χ0v) is 10.6. The number of halogens is 2. The Morgan fingerprint density at radius 3 is 2.41 bits per heavy atom. The van der Waals surface area contributed by atoms with Crippen LogP contribution < -0.4 is 5.32 Å². The number of esters is 1. The highest BCUT2D eigenvalue weighted by atomic mass is 35.5. The van der Waals surface area contributed by atoms with Gasteiger partial charge in [-0.25, -0.2) is 0 Å². The predicted octanol–water partition coefficient (Wildman–Crippen LogP) is 1.83. The minimum atomic E-state index is -0.552. The number of ether oxygens (including phenoxy) is 1. The van der Waals surface area contributed by atoms with Crippen LogP contribution in [0.1, 0.15) is 5.56 Å². The minimum absolute atomic E-state index is 0.0600. The maximum Gasteiger partial charge on any atom is 0.310 e. The molecule has 0 saturated heterocycles. The lowest BCUT2D eigenvalue weighted by atomic mass is 10.1. The highest BCUT2D eigenvalue weighted by molar-refractivity contribution is 6.36. The van der Waals surface area contributed by atoms with Crippen molar-refractivity contribution in [1.29, 1.82) is 0 Å². The van der Waals surface area contributed by atoms with Crippen molar-refractivity contribution in [3.05, 3.63) is 33.8 Å². The number of likely N-dealkylation sites (N-methyl/N-ethyl adjacent to an activating group) is 1. The number of hydrogen-bond donors (Lipinski definition) is 1. The summed E-state index contributed by atoms with van der Waals surface area (Å²) in [6, 6.07) is 4.95. The van der Waals surface area contributed by atoms with Crippen molar-refractivity contribution >= 4 is 35.1 Å². The fourth-order valence-corrected chi connectivity index (χ4v) is 1.65. The van der Waals surface area contributed by atoms with Crippen molar-refractivity contribution in [3.8, 4) is 0 Å². The van der Waals surface area contributed by atoms with E-state index in [0.29, 0.717) is 15.6 Å². The predicted molar refractivity (Wildman–Crippen MR) is 65.2 cm³/mol. The molecule has 1 rings (SSSR count). The van der Waals surface area contributed by atoms with Crippen LogP contribution in [0.4, 0.5) is 0 Å². The van der Waals surface area contributed by atoms with Crippen LogP contribution in [-0.4, -0.2) is 25.5 Å². The highest BCUT2D eigenvalue weighted by Crippen LogP contribution is 2.24. The van der Waals surface area contributed by atoms with E-state index >= 15 is 0 Å². The molecule has 4 nitrogen and oxygen atoms in total. The highest BCUT2D eigenvalue weighted by Gasteiger charge is 2.12. The molecule has 0 aliphatic rings. The van der Waals surface area contributed by atoms with Crippen molar-refractivity contribution in [2.24, 2.45) is 0 Å². The molecule has 0 spiro atoms. The largest absolute Gasteiger partial charge is 0.455 e. The molecule has 1 aromatic rings. The van der Waals surface area contributed by atoms with Crippen LogP contribution in [0.2, 0.25) is 10.0 Å². The monoisotopic (exact) mass is 275 g/mol. The number of amides is 1. The summed E-state index contributed by atoms with van der Waals surface area (Å²) in [6.45, 7) is -0.308. The maximum atomic E-state index is 11.4. The third kappa shape index (κ3) is 4.24. The second-order valence-corrected chi connectivity index (χ2v) is 4.03. The number of carbonyl (C=O) groups is 2. The Bertz CT molecular complexity index is 414. The topological polar surface area (TPSA) is 55.4 Å². The van der Waals surface area contributed by atoms with E-state index in [1.54, 1.807) is 18.2 Å². The Kier molecular flexibility index (Phi) is 5.25. The smallest absolute Gasteiger partial charge is 0.310 e. The van der Waals surface area contributed by atoms with Gasteiger partial charge in [0.2, 0.25) is 0 Å². The van der Waals surface area contributed by atoms with Gasteiger partial charge in [0, 0.05) is 22.7 Å². The van der Waals surface area contributed by atoms with Gasteiger partial charge in [0.25, 0.3) is 5.91 Å². The SMILES string of the molecule is CNC(=O)COC(=O)Cc1c(Cl)cccc1Cl. The fraction of sp³-hybridized carbons (Fsp3) is 0.273. The van der Waals surface area contributed by atoms with Gasteiger partial charge in [-0.3, -0.25) is 9.59 Å². The average Bonchev–Trinajstić information content (AvgIpc) is 2.31. The molecule has 0 radical (unpaired) electrons. The van der Waals surface area contributed by atoms with E-state index in [-0.39, 0.29) is 18.9 Å². The van der Waals surface area contributed by atoms with Crippen LogP contribution in [0.25, 0.3) is 0 Å².